The molecule has 6 aromatic carbocycles. The number of hydrogen-bond acceptors (Lipinski definition) is 5. The monoisotopic (exact) mass is 598 g/mol. The Balaban J connectivity index is 1.03. The van der Waals surface area contributed by atoms with Crippen molar-refractivity contribution in [1.29, 1.82) is 0 Å². The lowest BCUT2D eigenvalue weighted by Crippen LogP contribution is -2.30. The van der Waals surface area contributed by atoms with Gasteiger partial charge < -0.3 is 25.6 Å². The average molecular weight is 599 g/mol. The summed E-state index contributed by atoms with van der Waals surface area (Å²) in [7, 11) is 0. The number of fused-ring (bicyclic) bond motifs is 4. The van der Waals surface area contributed by atoms with Crippen molar-refractivity contribution in [3.63, 3.8) is 0 Å². The Labute approximate surface area is 269 Å². The smallest absolute Gasteiger partial charge is 0.151 e. The summed E-state index contributed by atoms with van der Waals surface area (Å²) in [5, 5.41) is 3.40. The molecule has 0 unspecified atom stereocenters. The van der Waals surface area contributed by atoms with Gasteiger partial charge in [-0.2, -0.15) is 0 Å². The third-order valence-electron chi connectivity index (χ3n) is 9.05. The van der Waals surface area contributed by atoms with Crippen molar-refractivity contribution < 1.29 is 4.74 Å². The second kappa shape index (κ2) is 10.9. The molecular formula is C41H34N4O. The Bertz CT molecular complexity index is 2000. The fourth-order valence-electron chi connectivity index (χ4n) is 6.68. The van der Waals surface area contributed by atoms with E-state index >= 15 is 0 Å². The Morgan fingerprint density at radius 1 is 0.565 bits per heavy atom. The zero-order valence-electron chi connectivity index (χ0n) is 25.8. The molecule has 2 heterocycles. The molecule has 224 valence electrons. The molecule has 0 saturated carbocycles. The van der Waals surface area contributed by atoms with Crippen LogP contribution in [0.3, 0.4) is 0 Å². The lowest BCUT2D eigenvalue weighted by Gasteiger charge is -2.42. The van der Waals surface area contributed by atoms with Crippen molar-refractivity contribution in [1.82, 2.24) is 0 Å². The highest BCUT2D eigenvalue weighted by Gasteiger charge is 2.36. The zero-order valence-corrected chi connectivity index (χ0v) is 25.8. The van der Waals surface area contributed by atoms with Crippen molar-refractivity contribution in [3.05, 3.63) is 168 Å². The molecule has 0 aromatic heterocycles. The molecule has 0 aliphatic carbocycles. The fraction of sp³-hybridized carbons (Fsp3) is 0.0732. The molecule has 5 nitrogen and oxygen atoms in total. The van der Waals surface area contributed by atoms with Crippen molar-refractivity contribution >= 4 is 45.5 Å². The Hall–Kier alpha value is -5.94. The first kappa shape index (κ1) is 27.6. The standard InChI is InChI=1S/C41H34N4O/c1-41(2)32-11-3-5-13-35(32)44(36-14-6-4-12-33(36)41)31-25-21-29(22-26-31)43-27-34(42)28-19-23-30(24-20-28)45-37-15-7-9-17-39(37)46-40-18-10-8-16-38(40)45/h3-27,43H,42H2,1-2H3/b34-27-. The minimum atomic E-state index is -0.0805. The number of hydrogen-bond donors (Lipinski definition) is 2. The molecule has 2 aliphatic heterocycles. The molecule has 6 aromatic rings. The van der Waals surface area contributed by atoms with E-state index in [9.17, 15) is 0 Å². The number of nitrogens with zero attached hydrogens (tertiary/aromatic N) is 2. The first-order valence-electron chi connectivity index (χ1n) is 15.6. The Morgan fingerprint density at radius 2 is 1.00 bits per heavy atom. The van der Waals surface area contributed by atoms with Crippen molar-refractivity contribution in [2.75, 3.05) is 15.1 Å². The highest BCUT2D eigenvalue weighted by molar-refractivity contribution is 5.87. The number of nitrogens with one attached hydrogen (secondary N) is 1. The maximum atomic E-state index is 6.56. The number of para-hydroxylation sites is 6. The van der Waals surface area contributed by atoms with Crippen LogP contribution in [0.5, 0.6) is 11.5 Å². The van der Waals surface area contributed by atoms with Gasteiger partial charge in [-0.25, -0.2) is 0 Å². The summed E-state index contributed by atoms with van der Waals surface area (Å²) >= 11 is 0. The molecule has 5 heteroatoms. The number of ether oxygens (including phenoxy) is 1. The predicted molar refractivity (Wildman–Crippen MR) is 190 cm³/mol. The second-order valence-electron chi connectivity index (χ2n) is 12.2. The van der Waals surface area contributed by atoms with E-state index in [1.54, 1.807) is 0 Å². The van der Waals surface area contributed by atoms with Gasteiger partial charge >= 0.3 is 0 Å². The van der Waals surface area contributed by atoms with Gasteiger partial charge in [0.2, 0.25) is 0 Å². The summed E-state index contributed by atoms with van der Waals surface area (Å²) in [5.74, 6) is 1.66. The molecule has 3 N–H and O–H groups in total. The molecule has 2 aliphatic rings. The molecule has 0 saturated heterocycles. The topological polar surface area (TPSA) is 53.8 Å². The van der Waals surface area contributed by atoms with E-state index in [1.807, 2.05) is 42.6 Å². The van der Waals surface area contributed by atoms with Gasteiger partial charge in [-0.1, -0.05) is 86.6 Å². The molecule has 0 bridgehead atoms. The van der Waals surface area contributed by atoms with Crippen molar-refractivity contribution in [2.45, 2.75) is 19.3 Å². The van der Waals surface area contributed by atoms with Gasteiger partial charge in [0, 0.05) is 28.7 Å². The quantitative estimate of drug-likeness (QED) is 0.206. The van der Waals surface area contributed by atoms with Crippen molar-refractivity contribution in [2.24, 2.45) is 5.73 Å². The maximum Gasteiger partial charge on any atom is 0.151 e. The van der Waals surface area contributed by atoms with E-state index in [4.69, 9.17) is 10.5 Å². The SMILES string of the molecule is CC1(C)c2ccccc2N(c2ccc(N/C=C(\N)c3ccc(N4c5ccccc5Oc5ccccc54)cc3)cc2)c2ccccc21. The van der Waals surface area contributed by atoms with Crippen LogP contribution in [0.4, 0.5) is 39.8 Å². The van der Waals surface area contributed by atoms with E-state index in [0.717, 1.165) is 45.5 Å². The number of nitrogens with two attached hydrogens (primary N) is 1. The van der Waals surface area contributed by atoms with Gasteiger partial charge in [0.25, 0.3) is 0 Å². The van der Waals surface area contributed by atoms with Gasteiger partial charge in [0.15, 0.2) is 11.5 Å². The van der Waals surface area contributed by atoms with E-state index in [2.05, 4.69) is 138 Å². The largest absolute Gasteiger partial charge is 0.453 e. The van der Waals surface area contributed by atoms with Crippen LogP contribution in [0.1, 0.15) is 30.5 Å². The van der Waals surface area contributed by atoms with Gasteiger partial charge in [0.05, 0.1) is 28.4 Å². The van der Waals surface area contributed by atoms with Crippen LogP contribution in [0, 0.1) is 0 Å². The number of benzene rings is 6. The third-order valence-corrected chi connectivity index (χ3v) is 9.05. The van der Waals surface area contributed by atoms with Gasteiger partial charge in [-0.3, -0.25) is 0 Å². The number of anilines is 7. The van der Waals surface area contributed by atoms with E-state index in [1.165, 1.54) is 22.5 Å². The maximum absolute atomic E-state index is 6.56. The molecule has 0 atom stereocenters. The molecule has 0 fully saturated rings. The van der Waals surface area contributed by atoms with Gasteiger partial charge in [-0.15, -0.1) is 0 Å². The minimum Gasteiger partial charge on any atom is -0.453 e. The summed E-state index contributed by atoms with van der Waals surface area (Å²) in [6, 6.07) is 50.4. The Morgan fingerprint density at radius 3 is 1.54 bits per heavy atom. The molecular weight excluding hydrogens is 564 g/mol. The summed E-state index contributed by atoms with van der Waals surface area (Å²) in [4.78, 5) is 4.58. The lowest BCUT2D eigenvalue weighted by atomic mass is 9.73. The van der Waals surface area contributed by atoms with Crippen LogP contribution in [-0.4, -0.2) is 0 Å². The van der Waals surface area contributed by atoms with Gasteiger partial charge in [-0.05, 0) is 89.5 Å². The summed E-state index contributed by atoms with van der Waals surface area (Å²) in [6.45, 7) is 4.61. The minimum absolute atomic E-state index is 0.0805. The fourth-order valence-corrected chi connectivity index (χ4v) is 6.68. The van der Waals surface area contributed by atoms with E-state index < -0.39 is 0 Å². The van der Waals surface area contributed by atoms with Gasteiger partial charge in [0.1, 0.15) is 0 Å². The van der Waals surface area contributed by atoms with Crippen LogP contribution in [0.2, 0.25) is 0 Å². The Kier molecular flexibility index (Phi) is 6.54. The van der Waals surface area contributed by atoms with Crippen LogP contribution in [-0.2, 0) is 5.41 Å². The van der Waals surface area contributed by atoms with Crippen LogP contribution >= 0.6 is 0 Å². The van der Waals surface area contributed by atoms with E-state index in [-0.39, 0.29) is 5.41 Å². The summed E-state index contributed by atoms with van der Waals surface area (Å²) in [6.07, 6.45) is 1.86. The highest BCUT2D eigenvalue weighted by atomic mass is 16.5. The summed E-state index contributed by atoms with van der Waals surface area (Å²) < 4.78 is 6.16. The molecule has 0 amide bonds. The van der Waals surface area contributed by atoms with E-state index in [0.29, 0.717) is 5.70 Å². The third kappa shape index (κ3) is 4.56. The number of rotatable bonds is 5. The second-order valence-corrected chi connectivity index (χ2v) is 12.2. The molecule has 46 heavy (non-hydrogen) atoms. The predicted octanol–water partition coefficient (Wildman–Crippen LogP) is 10.7. The first-order valence-corrected chi connectivity index (χ1v) is 15.6. The summed E-state index contributed by atoms with van der Waals surface area (Å²) in [5.41, 5.74) is 18.2. The molecule has 8 rings (SSSR count). The average Bonchev–Trinajstić information content (AvgIpc) is 3.10. The van der Waals surface area contributed by atoms with Crippen LogP contribution in [0.25, 0.3) is 5.70 Å². The lowest BCUT2D eigenvalue weighted by molar-refractivity contribution is 0.477. The van der Waals surface area contributed by atoms with Crippen LogP contribution < -0.4 is 25.6 Å². The first-order chi connectivity index (χ1) is 22.5. The molecule has 0 radical (unpaired) electrons. The highest BCUT2D eigenvalue weighted by Crippen LogP contribution is 2.52. The van der Waals surface area contributed by atoms with Crippen molar-refractivity contribution in [3.8, 4) is 11.5 Å². The normalized spacial score (nSPS) is 14.3. The zero-order chi connectivity index (χ0) is 31.3. The van der Waals surface area contributed by atoms with Crippen LogP contribution in [0.15, 0.2) is 152 Å². The molecule has 0 spiro atoms.